The number of aromatic nitrogens is 1. The molecule has 0 aliphatic carbocycles. The molecule has 7 nitrogen and oxygen atoms in total. The number of nitrogens with zero attached hydrogens (tertiary/aromatic N) is 2. The molecule has 1 saturated heterocycles. The van der Waals surface area contributed by atoms with Crippen LogP contribution in [0.2, 0.25) is 0 Å². The van der Waals surface area contributed by atoms with Crippen LogP contribution in [0.25, 0.3) is 12.2 Å². The van der Waals surface area contributed by atoms with Gasteiger partial charge in [-0.1, -0.05) is 41.1 Å². The number of aryl methyl sites for hydroxylation is 2. The molecule has 0 unspecified atom stereocenters. The first-order valence-electron chi connectivity index (χ1n) is 11.1. The average molecular weight is 502 g/mol. The van der Waals surface area contributed by atoms with Gasteiger partial charge in [0.1, 0.15) is 5.69 Å². The zero-order chi connectivity index (χ0) is 25.2. The fraction of sp³-hybridized carbons (Fsp3) is 0.280. The Morgan fingerprint density at radius 1 is 1.11 bits per heavy atom. The van der Waals surface area contributed by atoms with Crippen molar-refractivity contribution >= 4 is 33.8 Å². The Morgan fingerprint density at radius 2 is 1.86 bits per heavy atom. The van der Waals surface area contributed by atoms with Crippen molar-refractivity contribution in [3.05, 3.63) is 76.7 Å². The maximum absolute atomic E-state index is 13.5. The number of amides is 1. The number of carbonyl (C=O) groups is 1. The standard InChI is InChI=1S/C25H25F2N3O4S/c1-16-5-7-18(8-6-16)9-12-23-24(17(2)29-34-23)35(32,33)30-13-3-4-19(15-30)25(31)28-20-10-11-21(26)22(27)14-20/h5-12,14,19H,3-4,13,15H2,1-2H3,(H,28,31)/b12-9+/t19-/m1/s1. The monoisotopic (exact) mass is 501 g/mol. The first kappa shape index (κ1) is 24.7. The average Bonchev–Trinajstić information content (AvgIpc) is 3.22. The second-order valence-corrected chi connectivity index (χ2v) is 10.4. The Hall–Kier alpha value is -3.37. The molecule has 1 fully saturated rings. The summed E-state index contributed by atoms with van der Waals surface area (Å²) >= 11 is 0. The molecule has 0 saturated carbocycles. The molecule has 0 bridgehead atoms. The number of carbonyl (C=O) groups excluding carboxylic acids is 1. The topological polar surface area (TPSA) is 92.5 Å². The normalized spacial score (nSPS) is 17.1. The Labute approximate surface area is 202 Å². The largest absolute Gasteiger partial charge is 0.355 e. The van der Waals surface area contributed by atoms with E-state index in [1.165, 1.54) is 10.4 Å². The van der Waals surface area contributed by atoms with Crippen molar-refractivity contribution in [2.45, 2.75) is 31.6 Å². The van der Waals surface area contributed by atoms with Crippen LogP contribution in [0.5, 0.6) is 0 Å². The molecule has 1 amide bonds. The molecule has 184 valence electrons. The van der Waals surface area contributed by atoms with Gasteiger partial charge in [-0.3, -0.25) is 4.79 Å². The summed E-state index contributed by atoms with van der Waals surface area (Å²) in [5.41, 5.74) is 2.31. The van der Waals surface area contributed by atoms with E-state index < -0.39 is 33.5 Å². The number of nitrogens with one attached hydrogen (secondary N) is 1. The SMILES string of the molecule is Cc1ccc(/C=C/c2onc(C)c2S(=O)(=O)N2CCC[C@@H](C(=O)Nc3ccc(F)c(F)c3)C2)cc1. The van der Waals surface area contributed by atoms with Gasteiger partial charge in [-0.2, -0.15) is 4.31 Å². The summed E-state index contributed by atoms with van der Waals surface area (Å²) < 4.78 is 60.2. The van der Waals surface area contributed by atoms with Gasteiger partial charge in [-0.15, -0.1) is 0 Å². The predicted molar refractivity (Wildman–Crippen MR) is 128 cm³/mol. The molecule has 1 aliphatic rings. The maximum Gasteiger partial charge on any atom is 0.248 e. The van der Waals surface area contributed by atoms with Crippen LogP contribution < -0.4 is 5.32 Å². The summed E-state index contributed by atoms with van der Waals surface area (Å²) in [6.07, 6.45) is 4.24. The van der Waals surface area contributed by atoms with Crippen LogP contribution >= 0.6 is 0 Å². The third-order valence-corrected chi connectivity index (χ3v) is 7.90. The predicted octanol–water partition coefficient (Wildman–Crippen LogP) is 4.78. The molecule has 0 spiro atoms. The van der Waals surface area contributed by atoms with Gasteiger partial charge in [0.2, 0.25) is 15.9 Å². The van der Waals surface area contributed by atoms with Crippen molar-refractivity contribution < 1.29 is 26.5 Å². The lowest BCUT2D eigenvalue weighted by atomic mass is 9.98. The van der Waals surface area contributed by atoms with E-state index in [-0.39, 0.29) is 35.1 Å². The molecule has 0 radical (unpaired) electrons. The van der Waals surface area contributed by atoms with Gasteiger partial charge in [0.05, 0.1) is 5.92 Å². The number of rotatable bonds is 6. The molecule has 3 aromatic rings. The molecular weight excluding hydrogens is 476 g/mol. The van der Waals surface area contributed by atoms with Crippen LogP contribution in [0, 0.1) is 31.4 Å². The second kappa shape index (κ2) is 10.1. The van der Waals surface area contributed by atoms with E-state index in [0.717, 1.165) is 23.3 Å². The quantitative estimate of drug-likeness (QED) is 0.525. The Bertz CT molecular complexity index is 1370. The van der Waals surface area contributed by atoms with Gasteiger partial charge in [0, 0.05) is 24.8 Å². The minimum absolute atomic E-state index is 0.0393. The van der Waals surface area contributed by atoms with E-state index in [9.17, 15) is 22.0 Å². The Balaban J connectivity index is 1.52. The van der Waals surface area contributed by atoms with Crippen molar-refractivity contribution in [2.75, 3.05) is 18.4 Å². The van der Waals surface area contributed by atoms with E-state index in [1.54, 1.807) is 19.1 Å². The lowest BCUT2D eigenvalue weighted by Gasteiger charge is -2.31. The molecular formula is C25H25F2N3O4S. The molecule has 1 N–H and O–H groups in total. The van der Waals surface area contributed by atoms with Gasteiger partial charge in [0.15, 0.2) is 22.3 Å². The first-order valence-corrected chi connectivity index (χ1v) is 12.6. The highest BCUT2D eigenvalue weighted by Gasteiger charge is 2.37. The van der Waals surface area contributed by atoms with Gasteiger partial charge in [-0.25, -0.2) is 17.2 Å². The Kier molecular flexibility index (Phi) is 7.13. The van der Waals surface area contributed by atoms with E-state index in [4.69, 9.17) is 4.52 Å². The lowest BCUT2D eigenvalue weighted by Crippen LogP contribution is -2.43. The number of hydrogen-bond donors (Lipinski definition) is 1. The fourth-order valence-corrected chi connectivity index (χ4v) is 5.74. The number of hydrogen-bond acceptors (Lipinski definition) is 5. The number of anilines is 1. The number of benzene rings is 2. The van der Waals surface area contributed by atoms with Crippen molar-refractivity contribution in [3.63, 3.8) is 0 Å². The summed E-state index contributed by atoms with van der Waals surface area (Å²) in [6.45, 7) is 3.71. The third-order valence-electron chi connectivity index (χ3n) is 5.88. The third kappa shape index (κ3) is 5.49. The zero-order valence-corrected chi connectivity index (χ0v) is 20.1. The van der Waals surface area contributed by atoms with E-state index in [1.807, 2.05) is 31.2 Å². The highest BCUT2D eigenvalue weighted by atomic mass is 32.2. The minimum atomic E-state index is -4.01. The van der Waals surface area contributed by atoms with Crippen molar-refractivity contribution in [3.8, 4) is 0 Å². The molecule has 2 heterocycles. The Morgan fingerprint density at radius 3 is 2.57 bits per heavy atom. The highest BCUT2D eigenvalue weighted by Crippen LogP contribution is 2.30. The minimum Gasteiger partial charge on any atom is -0.355 e. The fourth-order valence-electron chi connectivity index (χ4n) is 3.97. The molecule has 10 heteroatoms. The molecule has 2 aromatic carbocycles. The van der Waals surface area contributed by atoms with Crippen molar-refractivity contribution in [1.82, 2.24) is 9.46 Å². The molecule has 1 aromatic heterocycles. The zero-order valence-electron chi connectivity index (χ0n) is 19.3. The van der Waals surface area contributed by atoms with Crippen LogP contribution in [0.3, 0.4) is 0 Å². The first-order chi connectivity index (χ1) is 16.6. The van der Waals surface area contributed by atoms with Crippen LogP contribution in [0.1, 0.15) is 35.4 Å². The van der Waals surface area contributed by atoms with Gasteiger partial charge >= 0.3 is 0 Å². The van der Waals surface area contributed by atoms with Crippen LogP contribution in [-0.2, 0) is 14.8 Å². The van der Waals surface area contributed by atoms with Crippen molar-refractivity contribution in [2.24, 2.45) is 5.92 Å². The molecule has 1 aliphatic heterocycles. The maximum atomic E-state index is 13.5. The molecule has 1 atom stereocenters. The molecule has 35 heavy (non-hydrogen) atoms. The summed E-state index contributed by atoms with van der Waals surface area (Å²) in [5, 5.41) is 6.39. The smallest absolute Gasteiger partial charge is 0.248 e. The van der Waals surface area contributed by atoms with E-state index in [0.29, 0.717) is 12.8 Å². The lowest BCUT2D eigenvalue weighted by molar-refractivity contribution is -0.120. The van der Waals surface area contributed by atoms with Crippen LogP contribution in [-0.4, -0.2) is 36.9 Å². The van der Waals surface area contributed by atoms with Gasteiger partial charge < -0.3 is 9.84 Å². The van der Waals surface area contributed by atoms with Crippen LogP contribution in [0.15, 0.2) is 51.9 Å². The summed E-state index contributed by atoms with van der Waals surface area (Å²) in [6, 6.07) is 10.8. The summed E-state index contributed by atoms with van der Waals surface area (Å²) in [5.74, 6) is -3.11. The van der Waals surface area contributed by atoms with E-state index >= 15 is 0 Å². The van der Waals surface area contributed by atoms with Crippen LogP contribution in [0.4, 0.5) is 14.5 Å². The number of piperidine rings is 1. The highest BCUT2D eigenvalue weighted by molar-refractivity contribution is 7.89. The van der Waals surface area contributed by atoms with Gasteiger partial charge in [-0.05, 0) is 50.5 Å². The van der Waals surface area contributed by atoms with E-state index in [2.05, 4.69) is 10.5 Å². The number of sulfonamides is 1. The van der Waals surface area contributed by atoms with Gasteiger partial charge in [0.25, 0.3) is 0 Å². The summed E-state index contributed by atoms with van der Waals surface area (Å²) in [4.78, 5) is 12.7. The second-order valence-electron chi connectivity index (χ2n) is 8.53. The summed E-state index contributed by atoms with van der Waals surface area (Å²) in [7, 11) is -4.01. The number of halogens is 2. The molecule has 4 rings (SSSR count). The van der Waals surface area contributed by atoms with Crippen molar-refractivity contribution in [1.29, 1.82) is 0 Å².